The molecule has 1 saturated heterocycles. The fourth-order valence-corrected chi connectivity index (χ4v) is 3.73. The zero-order valence-electron chi connectivity index (χ0n) is 16.4. The molecule has 0 bridgehead atoms. The molecule has 0 unspecified atom stereocenters. The minimum Gasteiger partial charge on any atom is -0.357 e. The molecule has 8 nitrogen and oxygen atoms in total. The first kappa shape index (κ1) is 18.3. The van der Waals surface area contributed by atoms with Crippen LogP contribution >= 0.6 is 0 Å². The van der Waals surface area contributed by atoms with E-state index in [0.717, 1.165) is 41.4 Å². The Hall–Kier alpha value is -3.03. The molecule has 0 atom stereocenters. The van der Waals surface area contributed by atoms with Gasteiger partial charge in [-0.05, 0) is 56.4 Å². The van der Waals surface area contributed by atoms with E-state index >= 15 is 0 Å². The van der Waals surface area contributed by atoms with Gasteiger partial charge in [0, 0.05) is 43.6 Å². The molecule has 1 aliphatic rings. The van der Waals surface area contributed by atoms with Gasteiger partial charge in [0.2, 0.25) is 5.91 Å². The smallest absolute Gasteiger partial charge is 0.252 e. The van der Waals surface area contributed by atoms with Gasteiger partial charge in [-0.1, -0.05) is 0 Å². The fourth-order valence-electron chi connectivity index (χ4n) is 3.73. The van der Waals surface area contributed by atoms with Gasteiger partial charge in [0.25, 0.3) is 5.78 Å². The van der Waals surface area contributed by atoms with E-state index in [1.165, 1.54) is 19.2 Å². The second-order valence-corrected chi connectivity index (χ2v) is 7.23. The summed E-state index contributed by atoms with van der Waals surface area (Å²) in [6.07, 6.45) is 6.79. The monoisotopic (exact) mass is 379 g/mol. The first-order valence-corrected chi connectivity index (χ1v) is 9.74. The molecule has 1 fully saturated rings. The Morgan fingerprint density at radius 3 is 2.86 bits per heavy atom. The topological polar surface area (TPSA) is 88.3 Å². The number of nitrogens with zero attached hydrogens (tertiary/aromatic N) is 6. The summed E-state index contributed by atoms with van der Waals surface area (Å²) in [6, 6.07) is 4.03. The number of hydrogen-bond donors (Lipinski definition) is 1. The third-order valence-corrected chi connectivity index (χ3v) is 5.32. The van der Waals surface area contributed by atoms with E-state index in [1.807, 2.05) is 26.1 Å². The summed E-state index contributed by atoms with van der Waals surface area (Å²) in [7, 11) is 0. The third-order valence-electron chi connectivity index (χ3n) is 5.32. The molecule has 0 aromatic carbocycles. The lowest BCUT2D eigenvalue weighted by atomic mass is 10.1. The second-order valence-electron chi connectivity index (χ2n) is 7.23. The summed E-state index contributed by atoms with van der Waals surface area (Å²) < 4.78 is 1.72. The highest BCUT2D eigenvalue weighted by atomic mass is 16.1. The number of amides is 1. The van der Waals surface area contributed by atoms with E-state index < -0.39 is 0 Å². The number of rotatable bonds is 6. The fraction of sp³-hybridized carbons (Fsp3) is 0.450. The molecule has 3 aromatic heterocycles. The predicted octanol–water partition coefficient (Wildman–Crippen LogP) is 1.99. The van der Waals surface area contributed by atoms with Gasteiger partial charge in [-0.2, -0.15) is 10.1 Å². The minimum absolute atomic E-state index is 0.0250. The Balaban J connectivity index is 1.35. The van der Waals surface area contributed by atoms with Crippen LogP contribution in [0.5, 0.6) is 0 Å². The number of aryl methyl sites for hydroxylation is 2. The van der Waals surface area contributed by atoms with Crippen molar-refractivity contribution in [2.45, 2.75) is 46.1 Å². The van der Waals surface area contributed by atoms with Crippen molar-refractivity contribution in [3.63, 3.8) is 0 Å². The van der Waals surface area contributed by atoms with Gasteiger partial charge in [0.1, 0.15) is 12.1 Å². The Bertz CT molecular complexity index is 991. The van der Waals surface area contributed by atoms with Crippen LogP contribution in [0.2, 0.25) is 0 Å². The maximum Gasteiger partial charge on any atom is 0.252 e. The molecule has 0 radical (unpaired) electrons. The van der Waals surface area contributed by atoms with Crippen LogP contribution in [0.1, 0.15) is 41.8 Å². The second kappa shape index (κ2) is 7.92. The standard InChI is InChI=1S/C20H25N7O/c1-14-17(15(2)27-20(25-14)23-13-24-27)5-6-19(28)22-12-16-7-8-21-18(11-16)26-9-3-4-10-26/h7-8,11,13H,3-6,9-10,12H2,1-2H3,(H,22,28). The summed E-state index contributed by atoms with van der Waals surface area (Å²) in [5.74, 6) is 1.62. The van der Waals surface area contributed by atoms with Crippen molar-refractivity contribution >= 4 is 17.5 Å². The van der Waals surface area contributed by atoms with Crippen LogP contribution in [0.4, 0.5) is 5.82 Å². The molecule has 8 heteroatoms. The van der Waals surface area contributed by atoms with Crippen molar-refractivity contribution < 1.29 is 4.79 Å². The van der Waals surface area contributed by atoms with Gasteiger partial charge in [-0.25, -0.2) is 14.5 Å². The van der Waals surface area contributed by atoms with Gasteiger partial charge in [-0.3, -0.25) is 4.79 Å². The van der Waals surface area contributed by atoms with Crippen molar-refractivity contribution in [3.8, 4) is 0 Å². The lowest BCUT2D eigenvalue weighted by molar-refractivity contribution is -0.121. The lowest BCUT2D eigenvalue weighted by Crippen LogP contribution is -2.24. The van der Waals surface area contributed by atoms with Crippen LogP contribution in [-0.2, 0) is 17.8 Å². The van der Waals surface area contributed by atoms with E-state index in [1.54, 1.807) is 4.52 Å². The molecule has 4 heterocycles. The number of carbonyl (C=O) groups excluding carboxylic acids is 1. The number of anilines is 1. The highest BCUT2D eigenvalue weighted by Gasteiger charge is 2.15. The lowest BCUT2D eigenvalue weighted by Gasteiger charge is -2.17. The molecule has 1 aliphatic heterocycles. The van der Waals surface area contributed by atoms with E-state index in [4.69, 9.17) is 0 Å². The molecule has 146 valence electrons. The van der Waals surface area contributed by atoms with Crippen LogP contribution in [0, 0.1) is 13.8 Å². The molecule has 28 heavy (non-hydrogen) atoms. The number of pyridine rings is 1. The summed E-state index contributed by atoms with van der Waals surface area (Å²) in [4.78, 5) is 27.7. The number of fused-ring (bicyclic) bond motifs is 1. The Labute approximate surface area is 164 Å². The van der Waals surface area contributed by atoms with Gasteiger partial charge in [-0.15, -0.1) is 0 Å². The molecule has 0 saturated carbocycles. The van der Waals surface area contributed by atoms with E-state index in [2.05, 4.69) is 36.3 Å². The average Bonchev–Trinajstić information content (AvgIpc) is 3.38. The predicted molar refractivity (Wildman–Crippen MR) is 106 cm³/mol. The van der Waals surface area contributed by atoms with Crippen LogP contribution in [0.25, 0.3) is 5.78 Å². The van der Waals surface area contributed by atoms with Gasteiger partial charge < -0.3 is 10.2 Å². The molecule has 3 aromatic rings. The van der Waals surface area contributed by atoms with E-state index in [0.29, 0.717) is 25.2 Å². The number of hydrogen-bond acceptors (Lipinski definition) is 6. The first-order chi connectivity index (χ1) is 13.6. The SMILES string of the molecule is Cc1nc2ncnn2c(C)c1CCC(=O)NCc1ccnc(N2CCCC2)c1. The van der Waals surface area contributed by atoms with Crippen LogP contribution in [-0.4, -0.2) is 43.6 Å². The molecule has 1 N–H and O–H groups in total. The Kier molecular flexibility index (Phi) is 5.18. The number of aromatic nitrogens is 5. The average molecular weight is 379 g/mol. The highest BCUT2D eigenvalue weighted by Crippen LogP contribution is 2.18. The van der Waals surface area contributed by atoms with Crippen molar-refractivity contribution in [1.29, 1.82) is 0 Å². The van der Waals surface area contributed by atoms with Crippen molar-refractivity contribution in [2.24, 2.45) is 0 Å². The maximum absolute atomic E-state index is 12.4. The van der Waals surface area contributed by atoms with Crippen LogP contribution in [0.15, 0.2) is 24.7 Å². The molecule has 0 spiro atoms. The highest BCUT2D eigenvalue weighted by molar-refractivity contribution is 5.76. The third kappa shape index (κ3) is 3.81. The van der Waals surface area contributed by atoms with Crippen molar-refractivity contribution in [2.75, 3.05) is 18.0 Å². The van der Waals surface area contributed by atoms with Crippen molar-refractivity contribution in [3.05, 3.63) is 47.2 Å². The van der Waals surface area contributed by atoms with Crippen LogP contribution < -0.4 is 10.2 Å². The molecule has 4 rings (SSSR count). The summed E-state index contributed by atoms with van der Waals surface area (Å²) in [5, 5.41) is 7.21. The number of carbonyl (C=O) groups is 1. The first-order valence-electron chi connectivity index (χ1n) is 9.74. The minimum atomic E-state index is 0.0250. The summed E-state index contributed by atoms with van der Waals surface area (Å²) in [5.41, 5.74) is 4.00. The van der Waals surface area contributed by atoms with Gasteiger partial charge >= 0.3 is 0 Å². The molecular formula is C20H25N7O. The Morgan fingerprint density at radius 1 is 1.21 bits per heavy atom. The molecule has 1 amide bonds. The summed E-state index contributed by atoms with van der Waals surface area (Å²) >= 11 is 0. The Morgan fingerprint density at radius 2 is 2.04 bits per heavy atom. The maximum atomic E-state index is 12.4. The zero-order valence-corrected chi connectivity index (χ0v) is 16.4. The number of nitrogens with one attached hydrogen (secondary N) is 1. The van der Waals surface area contributed by atoms with Crippen molar-refractivity contribution in [1.82, 2.24) is 29.9 Å². The van der Waals surface area contributed by atoms with Gasteiger partial charge in [0.15, 0.2) is 0 Å². The van der Waals surface area contributed by atoms with E-state index in [9.17, 15) is 4.79 Å². The van der Waals surface area contributed by atoms with E-state index in [-0.39, 0.29) is 5.91 Å². The molecular weight excluding hydrogens is 354 g/mol. The normalized spacial score (nSPS) is 14.0. The zero-order chi connectivity index (χ0) is 19.5. The van der Waals surface area contributed by atoms with Gasteiger partial charge in [0.05, 0.1) is 0 Å². The van der Waals surface area contributed by atoms with Crippen LogP contribution in [0.3, 0.4) is 0 Å². The largest absolute Gasteiger partial charge is 0.357 e. The molecule has 0 aliphatic carbocycles. The summed E-state index contributed by atoms with van der Waals surface area (Å²) in [6.45, 7) is 6.57. The quantitative estimate of drug-likeness (QED) is 0.705.